The Bertz CT molecular complexity index is 358. The van der Waals surface area contributed by atoms with Crippen molar-refractivity contribution in [3.05, 3.63) is 0 Å². The van der Waals surface area contributed by atoms with Crippen molar-refractivity contribution in [2.75, 3.05) is 24.7 Å². The molecule has 5 unspecified atom stereocenters. The van der Waals surface area contributed by atoms with Crippen molar-refractivity contribution in [1.82, 2.24) is 5.32 Å². The predicted molar refractivity (Wildman–Crippen MR) is 89.8 cm³/mol. The van der Waals surface area contributed by atoms with Gasteiger partial charge < -0.3 is 10.1 Å². The molecule has 2 aliphatic carbocycles. The zero-order valence-corrected chi connectivity index (χ0v) is 14.3. The van der Waals surface area contributed by atoms with Gasteiger partial charge in [0.2, 0.25) is 0 Å². The molecule has 0 bridgehead atoms. The van der Waals surface area contributed by atoms with Crippen LogP contribution in [0.25, 0.3) is 0 Å². The van der Waals surface area contributed by atoms with Crippen LogP contribution in [0.1, 0.15) is 51.9 Å². The summed E-state index contributed by atoms with van der Waals surface area (Å²) in [5.41, 5.74) is 0.251. The maximum Gasteiger partial charge on any atom is 0.0783 e. The van der Waals surface area contributed by atoms with Crippen molar-refractivity contribution in [2.45, 2.75) is 63.5 Å². The number of rotatable bonds is 5. The molecule has 3 heteroatoms. The molecule has 0 radical (unpaired) electrons. The second kappa shape index (κ2) is 6.05. The maximum atomic E-state index is 6.26. The highest BCUT2D eigenvalue weighted by atomic mass is 32.2. The Hall–Kier alpha value is 0.270. The number of hydrogen-bond acceptors (Lipinski definition) is 3. The zero-order valence-electron chi connectivity index (χ0n) is 13.5. The molecule has 2 heterocycles. The topological polar surface area (TPSA) is 21.3 Å². The molecule has 4 fully saturated rings. The van der Waals surface area contributed by atoms with E-state index in [2.05, 4.69) is 24.0 Å². The molecule has 1 spiro atoms. The Morgan fingerprint density at radius 2 is 2.10 bits per heavy atom. The van der Waals surface area contributed by atoms with Gasteiger partial charge in [0.05, 0.1) is 5.60 Å². The lowest BCUT2D eigenvalue weighted by atomic mass is 9.75. The van der Waals surface area contributed by atoms with Crippen LogP contribution in [0.5, 0.6) is 0 Å². The number of thioether (sulfide) groups is 1. The lowest BCUT2D eigenvalue weighted by Crippen LogP contribution is -2.49. The molecular weight excluding hydrogens is 278 g/mol. The molecule has 1 N–H and O–H groups in total. The van der Waals surface area contributed by atoms with Crippen molar-refractivity contribution in [3.63, 3.8) is 0 Å². The highest BCUT2D eigenvalue weighted by Gasteiger charge is 2.50. The Morgan fingerprint density at radius 1 is 1.24 bits per heavy atom. The van der Waals surface area contributed by atoms with Gasteiger partial charge in [-0.15, -0.1) is 0 Å². The van der Waals surface area contributed by atoms with E-state index in [1.165, 1.54) is 56.6 Å². The first-order valence-corrected chi connectivity index (χ1v) is 10.4. The Labute approximate surface area is 134 Å². The fraction of sp³-hybridized carbons (Fsp3) is 1.00. The fourth-order valence-corrected chi connectivity index (χ4v) is 6.70. The molecule has 4 aliphatic rings. The van der Waals surface area contributed by atoms with Crippen LogP contribution in [0.3, 0.4) is 0 Å². The van der Waals surface area contributed by atoms with Gasteiger partial charge in [-0.2, -0.15) is 11.8 Å². The smallest absolute Gasteiger partial charge is 0.0783 e. The monoisotopic (exact) mass is 309 g/mol. The van der Waals surface area contributed by atoms with Gasteiger partial charge in [-0.3, -0.25) is 0 Å². The summed E-state index contributed by atoms with van der Waals surface area (Å²) in [6, 6.07) is 0.782. The molecule has 2 saturated carbocycles. The summed E-state index contributed by atoms with van der Waals surface area (Å²) in [5.74, 6) is 6.61. The van der Waals surface area contributed by atoms with Gasteiger partial charge in [0.15, 0.2) is 0 Å². The summed E-state index contributed by atoms with van der Waals surface area (Å²) >= 11 is 2.11. The summed E-state index contributed by atoms with van der Waals surface area (Å²) in [6.45, 7) is 4.51. The molecular formula is C18H31NOS. The van der Waals surface area contributed by atoms with Gasteiger partial charge in [-0.25, -0.2) is 0 Å². The third-order valence-electron chi connectivity index (χ3n) is 6.52. The molecule has 2 aliphatic heterocycles. The summed E-state index contributed by atoms with van der Waals surface area (Å²) in [7, 11) is 0. The number of nitrogens with one attached hydrogen (secondary N) is 1. The Morgan fingerprint density at radius 3 is 2.81 bits per heavy atom. The lowest BCUT2D eigenvalue weighted by Gasteiger charge is -2.43. The third kappa shape index (κ3) is 3.03. The first-order valence-electron chi connectivity index (χ1n) is 9.25. The Balaban J connectivity index is 1.43. The second-order valence-corrected chi connectivity index (χ2v) is 9.16. The summed E-state index contributed by atoms with van der Waals surface area (Å²) < 4.78 is 6.26. The quantitative estimate of drug-likeness (QED) is 0.836. The van der Waals surface area contributed by atoms with E-state index in [4.69, 9.17) is 4.74 Å². The van der Waals surface area contributed by atoms with Gasteiger partial charge in [-0.1, -0.05) is 6.92 Å². The standard InChI is InChI=1S/C18H31NOS/c1-2-5-19-17(16-9-14-8-15(14)10-16)13-3-6-20-18(11-13)4-7-21-12-18/h13-17,19H,2-12H2,1H3. The van der Waals surface area contributed by atoms with E-state index in [1.807, 2.05) is 0 Å². The van der Waals surface area contributed by atoms with Gasteiger partial charge in [0, 0.05) is 18.4 Å². The molecule has 4 rings (SSSR count). The van der Waals surface area contributed by atoms with Crippen LogP contribution < -0.4 is 5.32 Å². The minimum atomic E-state index is 0.251. The molecule has 2 saturated heterocycles. The molecule has 0 aromatic heterocycles. The minimum Gasteiger partial charge on any atom is -0.374 e. The second-order valence-electron chi connectivity index (χ2n) is 8.05. The Kier molecular flexibility index (Phi) is 4.27. The summed E-state index contributed by atoms with van der Waals surface area (Å²) in [6.07, 6.45) is 9.76. The van der Waals surface area contributed by atoms with E-state index in [-0.39, 0.29) is 5.60 Å². The third-order valence-corrected chi connectivity index (χ3v) is 7.75. The van der Waals surface area contributed by atoms with Crippen molar-refractivity contribution in [1.29, 1.82) is 0 Å². The van der Waals surface area contributed by atoms with Crippen LogP contribution in [0, 0.1) is 23.7 Å². The summed E-state index contributed by atoms with van der Waals surface area (Å²) in [5, 5.41) is 3.97. The van der Waals surface area contributed by atoms with Crippen molar-refractivity contribution < 1.29 is 4.74 Å². The van der Waals surface area contributed by atoms with Crippen LogP contribution in [0.15, 0.2) is 0 Å². The lowest BCUT2D eigenvalue weighted by molar-refractivity contribution is -0.0885. The van der Waals surface area contributed by atoms with E-state index < -0.39 is 0 Å². The zero-order chi connectivity index (χ0) is 14.3. The highest BCUT2D eigenvalue weighted by Crippen LogP contribution is 2.56. The molecule has 2 nitrogen and oxygen atoms in total. The van der Waals surface area contributed by atoms with Crippen molar-refractivity contribution >= 4 is 11.8 Å². The SMILES string of the molecule is CCCNC(C1CC2CC2C1)C1CCOC2(CCSC2)C1. The first-order chi connectivity index (χ1) is 10.3. The van der Waals surface area contributed by atoms with Gasteiger partial charge >= 0.3 is 0 Å². The van der Waals surface area contributed by atoms with E-state index in [9.17, 15) is 0 Å². The normalized spacial score (nSPS) is 46.7. The predicted octanol–water partition coefficient (Wildman–Crippen LogP) is 3.70. The average molecular weight is 310 g/mol. The average Bonchev–Trinajstić information content (AvgIpc) is 2.90. The molecule has 0 amide bonds. The number of fused-ring (bicyclic) bond motifs is 1. The first kappa shape index (κ1) is 14.8. The number of hydrogen-bond donors (Lipinski definition) is 1. The van der Waals surface area contributed by atoms with E-state index in [0.717, 1.165) is 36.3 Å². The fourth-order valence-electron chi connectivity index (χ4n) is 5.32. The molecule has 5 atom stereocenters. The highest BCUT2D eigenvalue weighted by molar-refractivity contribution is 7.99. The van der Waals surface area contributed by atoms with Crippen molar-refractivity contribution in [2.24, 2.45) is 23.7 Å². The van der Waals surface area contributed by atoms with Crippen LogP contribution in [-0.2, 0) is 4.74 Å². The minimum absolute atomic E-state index is 0.251. The maximum absolute atomic E-state index is 6.26. The van der Waals surface area contributed by atoms with Crippen LogP contribution >= 0.6 is 11.8 Å². The van der Waals surface area contributed by atoms with E-state index in [0.29, 0.717) is 0 Å². The van der Waals surface area contributed by atoms with Crippen molar-refractivity contribution in [3.8, 4) is 0 Å². The summed E-state index contributed by atoms with van der Waals surface area (Å²) in [4.78, 5) is 0. The van der Waals surface area contributed by atoms with Crippen LogP contribution in [0.2, 0.25) is 0 Å². The van der Waals surface area contributed by atoms with E-state index in [1.54, 1.807) is 6.42 Å². The largest absolute Gasteiger partial charge is 0.374 e. The molecule has 0 aromatic carbocycles. The molecule has 21 heavy (non-hydrogen) atoms. The van der Waals surface area contributed by atoms with E-state index >= 15 is 0 Å². The molecule has 0 aromatic rings. The van der Waals surface area contributed by atoms with Gasteiger partial charge in [0.25, 0.3) is 0 Å². The number of ether oxygens (including phenoxy) is 1. The van der Waals surface area contributed by atoms with Gasteiger partial charge in [0.1, 0.15) is 0 Å². The van der Waals surface area contributed by atoms with Crippen LogP contribution in [-0.4, -0.2) is 36.3 Å². The van der Waals surface area contributed by atoms with Crippen LogP contribution in [0.4, 0.5) is 0 Å². The molecule has 120 valence electrons. The van der Waals surface area contributed by atoms with Gasteiger partial charge in [-0.05, 0) is 80.9 Å².